The molecule has 1 saturated carbocycles. The molecule has 44 heavy (non-hydrogen) atoms. The van der Waals surface area contributed by atoms with E-state index in [9.17, 15) is 14.9 Å². The highest BCUT2D eigenvalue weighted by Crippen LogP contribution is 2.33. The summed E-state index contributed by atoms with van der Waals surface area (Å²) < 4.78 is 13.3. The van der Waals surface area contributed by atoms with Gasteiger partial charge in [-0.05, 0) is 81.5 Å². The summed E-state index contributed by atoms with van der Waals surface area (Å²) in [5.41, 5.74) is 4.71. The van der Waals surface area contributed by atoms with Crippen LogP contribution in [0.15, 0.2) is 59.8 Å². The largest absolute Gasteiger partial charge is 0.488 e. The standard InChI is InChI=1S/C34H40N4O6/c1-5-37-31-15-11-25(18-29(31)30-19-26(38(40)41)12-16-32(30)37)33(36-44-34(39)35-20-24-9-7-6-8-10-24)28-14-13-27(17-22(28)2)43-23(3)21-42-4/h11-19,23-24H,5-10,20-21H2,1-4H3,(H,35,39)/b36-33-. The quantitative estimate of drug-likeness (QED) is 0.0824. The number of nitrogens with zero attached hydrogens (tertiary/aromatic N) is 3. The van der Waals surface area contributed by atoms with Gasteiger partial charge in [0, 0.05) is 65.3 Å². The van der Waals surface area contributed by atoms with Crippen molar-refractivity contribution in [3.05, 3.63) is 81.4 Å². The van der Waals surface area contributed by atoms with Crippen LogP contribution in [0, 0.1) is 23.0 Å². The van der Waals surface area contributed by atoms with Gasteiger partial charge in [-0.15, -0.1) is 0 Å². The molecule has 4 aromatic rings. The number of oxime groups is 1. The van der Waals surface area contributed by atoms with Crippen molar-refractivity contribution in [2.24, 2.45) is 11.1 Å². The lowest BCUT2D eigenvalue weighted by molar-refractivity contribution is -0.384. The van der Waals surface area contributed by atoms with Crippen LogP contribution >= 0.6 is 0 Å². The molecule has 3 aromatic carbocycles. The lowest BCUT2D eigenvalue weighted by Gasteiger charge is -2.21. The van der Waals surface area contributed by atoms with Crippen molar-refractivity contribution in [3.63, 3.8) is 0 Å². The van der Waals surface area contributed by atoms with Gasteiger partial charge < -0.3 is 19.4 Å². The van der Waals surface area contributed by atoms with Gasteiger partial charge in [-0.1, -0.05) is 30.5 Å². The Labute approximate surface area is 257 Å². The smallest absolute Gasteiger partial charge is 0.433 e. The van der Waals surface area contributed by atoms with Crippen molar-refractivity contribution in [2.75, 3.05) is 20.3 Å². The number of hydrogen-bond acceptors (Lipinski definition) is 7. The summed E-state index contributed by atoms with van der Waals surface area (Å²) >= 11 is 0. The first kappa shape index (κ1) is 31.0. The van der Waals surface area contributed by atoms with E-state index in [0.29, 0.717) is 42.6 Å². The number of rotatable bonds is 11. The molecule has 1 amide bonds. The number of nitro groups is 1. The molecule has 1 heterocycles. The lowest BCUT2D eigenvalue weighted by atomic mass is 9.89. The van der Waals surface area contributed by atoms with Crippen molar-refractivity contribution < 1.29 is 24.0 Å². The summed E-state index contributed by atoms with van der Waals surface area (Å²) in [6, 6.07) is 16.5. The number of aryl methyl sites for hydroxylation is 2. The molecule has 1 fully saturated rings. The SMILES string of the molecule is CCn1c2ccc(/C(=N/OC(=O)NCC3CCCCC3)c3ccc(OC(C)COC)cc3C)cc2c2cc([N+](=O)[O-])ccc21. The van der Waals surface area contributed by atoms with Crippen molar-refractivity contribution in [3.8, 4) is 5.75 Å². The molecule has 0 saturated heterocycles. The van der Waals surface area contributed by atoms with Gasteiger partial charge in [0.05, 0.1) is 11.5 Å². The topological polar surface area (TPSA) is 117 Å². The molecule has 0 aliphatic heterocycles. The van der Waals surface area contributed by atoms with Gasteiger partial charge in [0.1, 0.15) is 17.6 Å². The molecule has 1 aliphatic carbocycles. The van der Waals surface area contributed by atoms with Gasteiger partial charge in [0.15, 0.2) is 0 Å². The predicted octanol–water partition coefficient (Wildman–Crippen LogP) is 7.50. The zero-order valence-corrected chi connectivity index (χ0v) is 25.8. The predicted molar refractivity (Wildman–Crippen MR) is 172 cm³/mol. The van der Waals surface area contributed by atoms with Crippen LogP contribution in [0.25, 0.3) is 21.8 Å². The molecule has 0 radical (unpaired) electrons. The Bertz CT molecular complexity index is 1690. The minimum atomic E-state index is -0.599. The first-order valence-corrected chi connectivity index (χ1v) is 15.3. The Morgan fingerprint density at radius 3 is 2.48 bits per heavy atom. The second-order valence-electron chi connectivity index (χ2n) is 11.5. The number of fused-ring (bicyclic) bond motifs is 3. The number of non-ortho nitro benzene ring substituents is 1. The molecule has 1 aliphatic rings. The third-order valence-corrected chi connectivity index (χ3v) is 8.32. The summed E-state index contributed by atoms with van der Waals surface area (Å²) in [6.45, 7) is 7.65. The third-order valence-electron chi connectivity index (χ3n) is 8.32. The number of benzene rings is 3. The van der Waals surface area contributed by atoms with E-state index in [0.717, 1.165) is 45.8 Å². The minimum Gasteiger partial charge on any atom is -0.488 e. The number of nitro benzene ring substituents is 1. The van der Waals surface area contributed by atoms with Gasteiger partial charge >= 0.3 is 6.09 Å². The number of amides is 1. The molecule has 232 valence electrons. The van der Waals surface area contributed by atoms with E-state index in [1.165, 1.54) is 25.3 Å². The summed E-state index contributed by atoms with van der Waals surface area (Å²) in [5.74, 6) is 1.15. The fourth-order valence-electron chi connectivity index (χ4n) is 6.17. The number of nitrogens with one attached hydrogen (secondary N) is 1. The van der Waals surface area contributed by atoms with Crippen LogP contribution in [-0.4, -0.2) is 47.7 Å². The van der Waals surface area contributed by atoms with E-state index in [4.69, 9.17) is 14.3 Å². The molecule has 10 heteroatoms. The zero-order valence-electron chi connectivity index (χ0n) is 25.8. The molecule has 1 unspecified atom stereocenters. The van der Waals surface area contributed by atoms with Gasteiger partial charge in [0.25, 0.3) is 5.69 Å². The average molecular weight is 601 g/mol. The maximum absolute atomic E-state index is 12.8. The van der Waals surface area contributed by atoms with E-state index < -0.39 is 6.09 Å². The first-order chi connectivity index (χ1) is 21.3. The molecular weight excluding hydrogens is 560 g/mol. The summed E-state index contributed by atoms with van der Waals surface area (Å²) in [6.07, 6.45) is 5.11. The number of hydrogen-bond donors (Lipinski definition) is 1. The van der Waals surface area contributed by atoms with Gasteiger partial charge in [-0.3, -0.25) is 15.0 Å². The van der Waals surface area contributed by atoms with Crippen LogP contribution in [0.1, 0.15) is 62.6 Å². The first-order valence-electron chi connectivity index (χ1n) is 15.3. The highest BCUT2D eigenvalue weighted by atomic mass is 16.7. The Morgan fingerprint density at radius 2 is 1.80 bits per heavy atom. The maximum atomic E-state index is 12.8. The second-order valence-corrected chi connectivity index (χ2v) is 11.5. The van der Waals surface area contributed by atoms with Crippen LogP contribution in [-0.2, 0) is 16.1 Å². The van der Waals surface area contributed by atoms with E-state index in [-0.39, 0.29) is 16.7 Å². The minimum absolute atomic E-state index is 0.0269. The summed E-state index contributed by atoms with van der Waals surface area (Å²) in [7, 11) is 1.63. The maximum Gasteiger partial charge on any atom is 0.433 e. The number of methoxy groups -OCH3 is 1. The molecule has 0 bridgehead atoms. The van der Waals surface area contributed by atoms with Gasteiger partial charge in [-0.25, -0.2) is 4.79 Å². The van der Waals surface area contributed by atoms with Crippen LogP contribution < -0.4 is 10.1 Å². The van der Waals surface area contributed by atoms with E-state index >= 15 is 0 Å². The number of aromatic nitrogens is 1. The fourth-order valence-corrected chi connectivity index (χ4v) is 6.17. The Balaban J connectivity index is 1.54. The van der Waals surface area contributed by atoms with E-state index in [1.807, 2.05) is 57.2 Å². The molecule has 1 aromatic heterocycles. The van der Waals surface area contributed by atoms with Gasteiger partial charge in [-0.2, -0.15) is 0 Å². The number of ether oxygens (including phenoxy) is 2. The molecule has 10 nitrogen and oxygen atoms in total. The number of carbonyl (C=O) groups is 1. The van der Waals surface area contributed by atoms with Crippen LogP contribution in [0.5, 0.6) is 5.75 Å². The monoisotopic (exact) mass is 600 g/mol. The fraction of sp³-hybridized carbons (Fsp3) is 0.412. The van der Waals surface area contributed by atoms with Crippen LogP contribution in [0.4, 0.5) is 10.5 Å². The summed E-state index contributed by atoms with van der Waals surface area (Å²) in [5, 5.41) is 20.5. The van der Waals surface area contributed by atoms with E-state index in [1.54, 1.807) is 19.2 Å². The highest BCUT2D eigenvalue weighted by molar-refractivity contribution is 6.17. The zero-order chi connectivity index (χ0) is 31.2. The van der Waals surface area contributed by atoms with Crippen molar-refractivity contribution in [2.45, 2.75) is 65.5 Å². The van der Waals surface area contributed by atoms with Crippen molar-refractivity contribution >= 4 is 39.3 Å². The van der Waals surface area contributed by atoms with Crippen molar-refractivity contribution in [1.82, 2.24) is 9.88 Å². The molecule has 1 N–H and O–H groups in total. The number of carbonyl (C=O) groups excluding carboxylic acids is 1. The van der Waals surface area contributed by atoms with Crippen LogP contribution in [0.2, 0.25) is 0 Å². The average Bonchev–Trinajstić information content (AvgIpc) is 3.33. The summed E-state index contributed by atoms with van der Waals surface area (Å²) in [4.78, 5) is 29.4. The Morgan fingerprint density at radius 1 is 1.07 bits per heavy atom. The Hall–Kier alpha value is -4.44. The van der Waals surface area contributed by atoms with Crippen molar-refractivity contribution in [1.29, 1.82) is 0 Å². The molecule has 0 spiro atoms. The third kappa shape index (κ3) is 6.86. The van der Waals surface area contributed by atoms with E-state index in [2.05, 4.69) is 15.0 Å². The van der Waals surface area contributed by atoms with Gasteiger partial charge in [0.2, 0.25) is 0 Å². The normalized spacial score (nSPS) is 15.0. The molecule has 5 rings (SSSR count). The van der Waals surface area contributed by atoms with Crippen LogP contribution in [0.3, 0.4) is 0 Å². The highest BCUT2D eigenvalue weighted by Gasteiger charge is 2.20. The molecule has 1 atom stereocenters. The Kier molecular flexibility index (Phi) is 9.79. The lowest BCUT2D eigenvalue weighted by Crippen LogP contribution is -2.30. The second kappa shape index (κ2) is 13.9. The molecular formula is C34H40N4O6.